The maximum absolute atomic E-state index is 13.3. The number of amides is 2. The van der Waals surface area contributed by atoms with Crippen LogP contribution in [-0.2, 0) is 16.0 Å². The minimum absolute atomic E-state index is 0.0261. The van der Waals surface area contributed by atoms with Crippen LogP contribution in [0.5, 0.6) is 5.75 Å². The molecule has 3 rings (SSSR count). The molecule has 0 aliphatic carbocycles. The van der Waals surface area contributed by atoms with Crippen LogP contribution >= 0.6 is 0 Å². The van der Waals surface area contributed by atoms with Crippen LogP contribution in [-0.4, -0.2) is 25.0 Å². The summed E-state index contributed by atoms with van der Waals surface area (Å²) in [6, 6.07) is 15.0. The third-order valence-electron chi connectivity index (χ3n) is 4.88. The molecule has 0 bridgehead atoms. The summed E-state index contributed by atoms with van der Waals surface area (Å²) in [6.07, 6.45) is 0.798. The predicted octanol–water partition coefficient (Wildman–Crippen LogP) is 3.64. The number of anilines is 2. The number of para-hydroxylation sites is 3. The molecule has 2 aromatic carbocycles. The van der Waals surface area contributed by atoms with Gasteiger partial charge in [0.1, 0.15) is 11.2 Å². The molecule has 2 amide bonds. The molecule has 2 aromatic rings. The summed E-state index contributed by atoms with van der Waals surface area (Å²) in [5, 5.41) is 2.83. The van der Waals surface area contributed by atoms with Crippen molar-refractivity contribution in [3.8, 4) is 5.75 Å². The molecule has 1 heterocycles. The number of hydrogen-bond acceptors (Lipinski definition) is 3. The molecular formula is C21H24N2O3. The van der Waals surface area contributed by atoms with E-state index in [4.69, 9.17) is 4.74 Å². The number of nitrogens with zero attached hydrogens (tertiary/aromatic N) is 1. The van der Waals surface area contributed by atoms with Crippen LogP contribution in [0.15, 0.2) is 48.5 Å². The molecule has 0 saturated carbocycles. The summed E-state index contributed by atoms with van der Waals surface area (Å²) >= 11 is 0. The van der Waals surface area contributed by atoms with Crippen molar-refractivity contribution in [2.75, 3.05) is 17.3 Å². The Morgan fingerprint density at radius 2 is 1.77 bits per heavy atom. The number of hydrogen-bond donors (Lipinski definition) is 1. The van der Waals surface area contributed by atoms with E-state index in [1.165, 1.54) is 0 Å². The Hall–Kier alpha value is -2.82. The predicted molar refractivity (Wildman–Crippen MR) is 102 cm³/mol. The second-order valence-electron chi connectivity index (χ2n) is 7.14. The van der Waals surface area contributed by atoms with Gasteiger partial charge in [0, 0.05) is 11.7 Å². The van der Waals surface area contributed by atoms with Crippen molar-refractivity contribution in [3.05, 3.63) is 54.1 Å². The van der Waals surface area contributed by atoms with E-state index in [1.807, 2.05) is 43.3 Å². The van der Waals surface area contributed by atoms with Crippen LogP contribution in [0.3, 0.4) is 0 Å². The van der Waals surface area contributed by atoms with Gasteiger partial charge in [0.2, 0.25) is 11.8 Å². The Labute approximate surface area is 154 Å². The number of carbonyl (C=O) groups excluding carboxylic acids is 2. The van der Waals surface area contributed by atoms with Crippen molar-refractivity contribution in [1.82, 2.24) is 0 Å². The summed E-state index contributed by atoms with van der Waals surface area (Å²) in [6.45, 7) is 5.33. The van der Waals surface area contributed by atoms with Gasteiger partial charge >= 0.3 is 0 Å². The molecule has 1 aliphatic rings. The highest BCUT2D eigenvalue weighted by atomic mass is 16.5. The zero-order valence-electron chi connectivity index (χ0n) is 15.6. The number of fused-ring (bicyclic) bond motifs is 1. The summed E-state index contributed by atoms with van der Waals surface area (Å²) < 4.78 is 5.27. The van der Waals surface area contributed by atoms with Crippen molar-refractivity contribution in [2.45, 2.75) is 33.2 Å². The van der Waals surface area contributed by atoms with E-state index in [2.05, 4.69) is 5.32 Å². The Balaban J connectivity index is 1.85. The smallest absolute Gasteiger partial charge is 0.242 e. The Morgan fingerprint density at radius 1 is 1.12 bits per heavy atom. The molecule has 1 atom stereocenters. The first-order chi connectivity index (χ1) is 12.4. The number of ether oxygens (including phenoxy) is 1. The Bertz CT molecular complexity index is 845. The summed E-state index contributed by atoms with van der Waals surface area (Å²) in [4.78, 5) is 27.9. The Morgan fingerprint density at radius 3 is 2.50 bits per heavy atom. The minimum Gasteiger partial charge on any atom is -0.495 e. The highest BCUT2D eigenvalue weighted by molar-refractivity contribution is 6.15. The molecule has 0 radical (unpaired) electrons. The number of nitrogens with one attached hydrogen (secondary N) is 1. The summed E-state index contributed by atoms with van der Waals surface area (Å²) in [5.74, 6) is -0.00471. The maximum Gasteiger partial charge on any atom is 0.242 e. The highest BCUT2D eigenvalue weighted by Crippen LogP contribution is 2.36. The van der Waals surface area contributed by atoms with Crippen LogP contribution in [0.1, 0.15) is 26.3 Å². The van der Waals surface area contributed by atoms with E-state index in [0.717, 1.165) is 17.7 Å². The molecule has 1 N–H and O–H groups in total. The number of methoxy groups -OCH3 is 1. The van der Waals surface area contributed by atoms with Gasteiger partial charge in [-0.3, -0.25) is 9.59 Å². The van der Waals surface area contributed by atoms with Gasteiger partial charge in [-0.1, -0.05) is 30.3 Å². The minimum atomic E-state index is -1.22. The van der Waals surface area contributed by atoms with E-state index >= 15 is 0 Å². The molecule has 0 spiro atoms. The average molecular weight is 352 g/mol. The van der Waals surface area contributed by atoms with Crippen molar-refractivity contribution < 1.29 is 14.3 Å². The molecule has 26 heavy (non-hydrogen) atoms. The first-order valence-corrected chi connectivity index (χ1v) is 8.72. The van der Waals surface area contributed by atoms with Crippen LogP contribution in [0.4, 0.5) is 11.4 Å². The quantitative estimate of drug-likeness (QED) is 0.855. The number of carbonyl (C=O) groups is 2. The normalized spacial score (nSPS) is 16.2. The van der Waals surface area contributed by atoms with Crippen LogP contribution in [0.2, 0.25) is 0 Å². The molecule has 0 saturated heterocycles. The molecule has 5 nitrogen and oxygen atoms in total. The standard InChI is InChI=1S/C21H24N2O3/c1-14-13-15-9-5-7-11-17(15)23(14)20(25)21(2,3)19(24)22-16-10-6-8-12-18(16)26-4/h5-12,14H,13H2,1-4H3,(H,22,24). The van der Waals surface area contributed by atoms with Crippen molar-refractivity contribution >= 4 is 23.2 Å². The second kappa shape index (κ2) is 6.83. The van der Waals surface area contributed by atoms with Gasteiger partial charge in [0.15, 0.2) is 0 Å². The lowest BCUT2D eigenvalue weighted by Crippen LogP contribution is -2.49. The maximum atomic E-state index is 13.3. The summed E-state index contributed by atoms with van der Waals surface area (Å²) in [5.41, 5.74) is 1.36. The van der Waals surface area contributed by atoms with Crippen LogP contribution < -0.4 is 15.0 Å². The van der Waals surface area contributed by atoms with Gasteiger partial charge in [-0.2, -0.15) is 0 Å². The second-order valence-corrected chi connectivity index (χ2v) is 7.14. The summed E-state index contributed by atoms with van der Waals surface area (Å²) in [7, 11) is 1.55. The van der Waals surface area contributed by atoms with E-state index in [0.29, 0.717) is 11.4 Å². The van der Waals surface area contributed by atoms with E-state index < -0.39 is 5.41 Å². The number of rotatable bonds is 4. The number of benzene rings is 2. The largest absolute Gasteiger partial charge is 0.495 e. The fourth-order valence-corrected chi connectivity index (χ4v) is 3.30. The van der Waals surface area contributed by atoms with Gasteiger partial charge in [0.05, 0.1) is 12.8 Å². The monoisotopic (exact) mass is 352 g/mol. The molecular weight excluding hydrogens is 328 g/mol. The fraction of sp³-hybridized carbons (Fsp3) is 0.333. The lowest BCUT2D eigenvalue weighted by atomic mass is 9.89. The highest BCUT2D eigenvalue weighted by Gasteiger charge is 2.43. The SMILES string of the molecule is COc1ccccc1NC(=O)C(C)(C)C(=O)N1c2ccccc2CC1C. The van der Waals surface area contributed by atoms with Gasteiger partial charge in [-0.25, -0.2) is 0 Å². The topological polar surface area (TPSA) is 58.6 Å². The van der Waals surface area contributed by atoms with Crippen LogP contribution in [0.25, 0.3) is 0 Å². The van der Waals surface area contributed by atoms with Crippen molar-refractivity contribution in [1.29, 1.82) is 0 Å². The first kappa shape index (κ1) is 18.0. The van der Waals surface area contributed by atoms with Gasteiger partial charge < -0.3 is 15.0 Å². The molecule has 0 aromatic heterocycles. The molecule has 0 fully saturated rings. The molecule has 1 aliphatic heterocycles. The third kappa shape index (κ3) is 3.05. The molecule has 136 valence electrons. The van der Waals surface area contributed by atoms with Gasteiger partial charge in [0.25, 0.3) is 0 Å². The molecule has 5 heteroatoms. The Kier molecular flexibility index (Phi) is 4.72. The van der Waals surface area contributed by atoms with Crippen molar-refractivity contribution in [2.24, 2.45) is 5.41 Å². The fourth-order valence-electron chi connectivity index (χ4n) is 3.30. The van der Waals surface area contributed by atoms with E-state index in [9.17, 15) is 9.59 Å². The van der Waals surface area contributed by atoms with E-state index in [1.54, 1.807) is 38.0 Å². The zero-order chi connectivity index (χ0) is 18.9. The van der Waals surface area contributed by atoms with E-state index in [-0.39, 0.29) is 17.9 Å². The van der Waals surface area contributed by atoms with Crippen molar-refractivity contribution in [3.63, 3.8) is 0 Å². The average Bonchev–Trinajstić information content (AvgIpc) is 2.97. The zero-order valence-corrected chi connectivity index (χ0v) is 15.6. The third-order valence-corrected chi connectivity index (χ3v) is 4.88. The lowest BCUT2D eigenvalue weighted by Gasteiger charge is -2.31. The molecule has 1 unspecified atom stereocenters. The first-order valence-electron chi connectivity index (χ1n) is 8.72. The van der Waals surface area contributed by atoms with Crippen LogP contribution in [0, 0.1) is 5.41 Å². The van der Waals surface area contributed by atoms with Gasteiger partial charge in [-0.05, 0) is 51.0 Å². The van der Waals surface area contributed by atoms with Gasteiger partial charge in [-0.15, -0.1) is 0 Å². The lowest BCUT2D eigenvalue weighted by molar-refractivity contribution is -0.136.